The summed E-state index contributed by atoms with van der Waals surface area (Å²) in [5, 5.41) is 7.35. The minimum absolute atomic E-state index is 0.00993. The molecule has 2 fully saturated rings. The lowest BCUT2D eigenvalue weighted by Crippen LogP contribution is -2.60. The van der Waals surface area contributed by atoms with E-state index in [1.165, 1.54) is 0 Å². The van der Waals surface area contributed by atoms with Crippen LogP contribution < -0.4 is 10.6 Å². The summed E-state index contributed by atoms with van der Waals surface area (Å²) < 4.78 is 0. The van der Waals surface area contributed by atoms with Crippen LogP contribution in [0.15, 0.2) is 36.5 Å². The molecule has 0 unspecified atom stereocenters. The lowest BCUT2D eigenvalue weighted by molar-refractivity contribution is -0.146. The van der Waals surface area contributed by atoms with Crippen LogP contribution in [0.2, 0.25) is 0 Å². The highest BCUT2D eigenvalue weighted by molar-refractivity contribution is 5.97. The summed E-state index contributed by atoms with van der Waals surface area (Å²) in [6, 6.07) is 9.47. The number of amides is 2. The molecule has 0 spiro atoms. The van der Waals surface area contributed by atoms with E-state index in [-0.39, 0.29) is 23.9 Å². The van der Waals surface area contributed by atoms with Gasteiger partial charge in [-0.3, -0.25) is 14.6 Å². The Labute approximate surface area is 140 Å². The van der Waals surface area contributed by atoms with Gasteiger partial charge in [0.15, 0.2) is 0 Å². The predicted molar refractivity (Wildman–Crippen MR) is 90.1 cm³/mol. The average Bonchev–Trinajstić information content (AvgIpc) is 3.03. The molecule has 2 amide bonds. The summed E-state index contributed by atoms with van der Waals surface area (Å²) in [5.41, 5.74) is 2.12. The number of hydrogen-bond donors (Lipinski definition) is 2. The number of benzene rings is 1. The summed E-state index contributed by atoms with van der Waals surface area (Å²) in [7, 11) is 0. The molecular weight excluding hydrogens is 304 g/mol. The highest BCUT2D eigenvalue weighted by Crippen LogP contribution is 2.23. The number of nitrogens with zero attached hydrogens (tertiary/aromatic N) is 2. The number of pyridine rings is 1. The molecule has 6 heteroatoms. The van der Waals surface area contributed by atoms with Gasteiger partial charge in [-0.05, 0) is 25.0 Å². The number of para-hydroxylation sites is 1. The molecule has 2 aliphatic rings. The number of carbonyl (C=O) groups excluding carboxylic acids is 2. The molecule has 3 heterocycles. The van der Waals surface area contributed by atoms with Gasteiger partial charge in [-0.15, -0.1) is 0 Å². The van der Waals surface area contributed by atoms with E-state index in [2.05, 4.69) is 21.7 Å². The number of hydrogen-bond acceptors (Lipinski definition) is 4. The number of piperazine rings is 1. The fraction of sp³-hybridized carbons (Fsp3) is 0.389. The first kappa shape index (κ1) is 15.1. The van der Waals surface area contributed by atoms with Gasteiger partial charge in [0, 0.05) is 30.7 Å². The van der Waals surface area contributed by atoms with Gasteiger partial charge in [-0.2, -0.15) is 0 Å². The fourth-order valence-corrected chi connectivity index (χ4v) is 3.66. The van der Waals surface area contributed by atoms with E-state index in [1.807, 2.05) is 24.3 Å². The second-order valence-electron chi connectivity index (χ2n) is 6.54. The van der Waals surface area contributed by atoms with Crippen LogP contribution in [-0.4, -0.2) is 46.4 Å². The molecule has 6 nitrogen and oxygen atoms in total. The van der Waals surface area contributed by atoms with Gasteiger partial charge in [0.1, 0.15) is 12.1 Å². The normalized spacial score (nSPS) is 26.5. The SMILES string of the molecule is C[C@@H]1NC(=O)[C@@H]2C[C@H](NCc3cccc4cccnc34)CN2C1=O. The quantitative estimate of drug-likeness (QED) is 0.876. The zero-order valence-electron chi connectivity index (χ0n) is 13.5. The van der Waals surface area contributed by atoms with Gasteiger partial charge in [-0.25, -0.2) is 0 Å². The predicted octanol–water partition coefficient (Wildman–Crippen LogP) is 0.812. The molecule has 2 saturated heterocycles. The van der Waals surface area contributed by atoms with Crippen molar-refractivity contribution in [3.63, 3.8) is 0 Å². The Bertz CT molecular complexity index is 801. The van der Waals surface area contributed by atoms with Gasteiger partial charge < -0.3 is 15.5 Å². The molecular formula is C18H20N4O2. The number of aromatic nitrogens is 1. The molecule has 1 aromatic heterocycles. The fourth-order valence-electron chi connectivity index (χ4n) is 3.66. The number of nitrogens with one attached hydrogen (secondary N) is 2. The van der Waals surface area contributed by atoms with E-state index in [0.29, 0.717) is 19.5 Å². The first-order valence-corrected chi connectivity index (χ1v) is 8.30. The summed E-state index contributed by atoms with van der Waals surface area (Å²) in [4.78, 5) is 30.5. The van der Waals surface area contributed by atoms with Crippen LogP contribution in [0.25, 0.3) is 10.9 Å². The molecule has 1 aromatic carbocycles. The Kier molecular flexibility index (Phi) is 3.69. The third kappa shape index (κ3) is 2.53. The van der Waals surface area contributed by atoms with Crippen molar-refractivity contribution in [2.24, 2.45) is 0 Å². The van der Waals surface area contributed by atoms with E-state index in [9.17, 15) is 9.59 Å². The summed E-state index contributed by atoms with van der Waals surface area (Å²) in [5.74, 6) is -0.0334. The van der Waals surface area contributed by atoms with Gasteiger partial charge in [-0.1, -0.05) is 24.3 Å². The maximum absolute atomic E-state index is 12.2. The molecule has 0 saturated carbocycles. The Hall–Kier alpha value is -2.47. The largest absolute Gasteiger partial charge is 0.343 e. The maximum Gasteiger partial charge on any atom is 0.245 e. The van der Waals surface area contributed by atoms with E-state index < -0.39 is 6.04 Å². The van der Waals surface area contributed by atoms with Gasteiger partial charge in [0.05, 0.1) is 5.52 Å². The van der Waals surface area contributed by atoms with E-state index in [4.69, 9.17) is 0 Å². The topological polar surface area (TPSA) is 74.3 Å². The van der Waals surface area contributed by atoms with Crippen molar-refractivity contribution in [2.75, 3.05) is 6.54 Å². The van der Waals surface area contributed by atoms with E-state index in [1.54, 1.807) is 18.0 Å². The molecule has 0 aliphatic carbocycles. The minimum atomic E-state index is -0.422. The molecule has 0 bridgehead atoms. The van der Waals surface area contributed by atoms with Crippen LogP contribution in [-0.2, 0) is 16.1 Å². The smallest absolute Gasteiger partial charge is 0.245 e. The first-order valence-electron chi connectivity index (χ1n) is 8.30. The lowest BCUT2D eigenvalue weighted by atomic mass is 10.1. The van der Waals surface area contributed by atoms with Crippen molar-refractivity contribution < 1.29 is 9.59 Å². The number of carbonyl (C=O) groups is 2. The van der Waals surface area contributed by atoms with Gasteiger partial charge in [0.2, 0.25) is 11.8 Å². The number of fused-ring (bicyclic) bond motifs is 2. The highest BCUT2D eigenvalue weighted by Gasteiger charge is 2.44. The Morgan fingerprint density at radius 1 is 1.29 bits per heavy atom. The summed E-state index contributed by atoms with van der Waals surface area (Å²) in [6.45, 7) is 2.99. The van der Waals surface area contributed by atoms with E-state index >= 15 is 0 Å². The zero-order valence-corrected chi connectivity index (χ0v) is 13.5. The van der Waals surface area contributed by atoms with Crippen LogP contribution in [0.1, 0.15) is 18.9 Å². The van der Waals surface area contributed by atoms with Crippen molar-refractivity contribution in [1.29, 1.82) is 0 Å². The molecule has 0 radical (unpaired) electrons. The standard InChI is InChI=1S/C18H20N4O2/c1-11-18(24)22-10-14(8-15(22)17(23)21-11)20-9-13-5-2-4-12-6-3-7-19-16(12)13/h2-7,11,14-15,20H,8-10H2,1H3,(H,21,23)/t11-,14-,15-/m0/s1. The lowest BCUT2D eigenvalue weighted by Gasteiger charge is -2.32. The molecule has 2 aliphatic heterocycles. The van der Waals surface area contributed by atoms with Crippen molar-refractivity contribution in [2.45, 2.75) is 38.0 Å². The highest BCUT2D eigenvalue weighted by atomic mass is 16.2. The Morgan fingerprint density at radius 2 is 2.12 bits per heavy atom. The second kappa shape index (κ2) is 5.87. The van der Waals surface area contributed by atoms with Crippen molar-refractivity contribution in [3.8, 4) is 0 Å². The third-order valence-electron chi connectivity index (χ3n) is 4.91. The van der Waals surface area contributed by atoms with Crippen molar-refractivity contribution in [1.82, 2.24) is 20.5 Å². The second-order valence-corrected chi connectivity index (χ2v) is 6.54. The van der Waals surface area contributed by atoms with Crippen LogP contribution in [0.3, 0.4) is 0 Å². The van der Waals surface area contributed by atoms with Crippen molar-refractivity contribution >= 4 is 22.7 Å². The van der Waals surface area contributed by atoms with Crippen LogP contribution in [0.4, 0.5) is 0 Å². The zero-order chi connectivity index (χ0) is 16.7. The average molecular weight is 324 g/mol. The van der Waals surface area contributed by atoms with Crippen LogP contribution in [0.5, 0.6) is 0 Å². The summed E-state index contributed by atoms with van der Waals surface area (Å²) in [6.07, 6.45) is 2.45. The van der Waals surface area contributed by atoms with Crippen LogP contribution >= 0.6 is 0 Å². The van der Waals surface area contributed by atoms with Crippen molar-refractivity contribution in [3.05, 3.63) is 42.1 Å². The molecule has 2 aromatic rings. The summed E-state index contributed by atoms with van der Waals surface area (Å²) >= 11 is 0. The molecule has 2 N–H and O–H groups in total. The minimum Gasteiger partial charge on any atom is -0.343 e. The molecule has 124 valence electrons. The van der Waals surface area contributed by atoms with E-state index in [0.717, 1.165) is 16.5 Å². The molecule has 3 atom stereocenters. The van der Waals surface area contributed by atoms with Gasteiger partial charge >= 0.3 is 0 Å². The van der Waals surface area contributed by atoms with Crippen LogP contribution in [0, 0.1) is 0 Å². The molecule has 24 heavy (non-hydrogen) atoms. The first-order chi connectivity index (χ1) is 11.6. The van der Waals surface area contributed by atoms with Gasteiger partial charge in [0.25, 0.3) is 0 Å². The Morgan fingerprint density at radius 3 is 3.00 bits per heavy atom. The Balaban J connectivity index is 1.47. The number of rotatable bonds is 3. The maximum atomic E-state index is 12.2. The monoisotopic (exact) mass is 324 g/mol. The third-order valence-corrected chi connectivity index (χ3v) is 4.91. The molecule has 4 rings (SSSR count).